The van der Waals surface area contributed by atoms with E-state index in [0.717, 1.165) is 77.7 Å². The second-order valence-corrected chi connectivity index (χ2v) is 5.24. The van der Waals surface area contributed by atoms with Crippen molar-refractivity contribution < 1.29 is 15.3 Å². The van der Waals surface area contributed by atoms with Crippen molar-refractivity contribution >= 4 is 0 Å². The quantitative estimate of drug-likeness (QED) is 0.313. The number of rotatable bonds is 16. The van der Waals surface area contributed by atoms with Crippen molar-refractivity contribution in [1.29, 1.82) is 0 Å². The third-order valence-corrected chi connectivity index (χ3v) is 3.35. The Bertz CT molecular complexity index is 173. The first kappa shape index (κ1) is 19.8. The summed E-state index contributed by atoms with van der Waals surface area (Å²) in [7, 11) is 0. The van der Waals surface area contributed by atoms with Crippen molar-refractivity contribution in [3.63, 3.8) is 0 Å². The van der Waals surface area contributed by atoms with Crippen LogP contribution in [0.25, 0.3) is 0 Å². The lowest BCUT2D eigenvalue weighted by atomic mass is 10.2. The molecule has 0 aromatic carbocycles. The van der Waals surface area contributed by atoms with Crippen LogP contribution in [0.5, 0.6) is 0 Å². The van der Waals surface area contributed by atoms with Crippen LogP contribution in [0.4, 0.5) is 0 Å². The van der Waals surface area contributed by atoms with Gasteiger partial charge in [-0.05, 0) is 77.7 Å². The number of nitrogens with zero attached hydrogens (tertiary/aromatic N) is 1. The van der Waals surface area contributed by atoms with Gasteiger partial charge in [-0.3, -0.25) is 0 Å². The first-order valence-corrected chi connectivity index (χ1v) is 8.10. The fourth-order valence-corrected chi connectivity index (χ4v) is 2.14. The van der Waals surface area contributed by atoms with Crippen LogP contribution in [0.15, 0.2) is 0 Å². The van der Waals surface area contributed by atoms with Gasteiger partial charge in [0.15, 0.2) is 0 Å². The summed E-state index contributed by atoms with van der Waals surface area (Å²) < 4.78 is 0. The van der Waals surface area contributed by atoms with Crippen molar-refractivity contribution in [3.05, 3.63) is 0 Å². The summed E-state index contributed by atoms with van der Waals surface area (Å²) in [6.07, 6.45) is 6.86. The van der Waals surface area contributed by atoms with E-state index in [9.17, 15) is 0 Å². The van der Waals surface area contributed by atoms with E-state index in [-0.39, 0.29) is 19.8 Å². The van der Waals surface area contributed by atoms with Gasteiger partial charge in [-0.1, -0.05) is 0 Å². The van der Waals surface area contributed by atoms with Crippen molar-refractivity contribution in [3.8, 4) is 0 Å². The molecule has 0 aliphatic rings. The van der Waals surface area contributed by atoms with Gasteiger partial charge in [-0.25, -0.2) is 0 Å². The van der Waals surface area contributed by atoms with Gasteiger partial charge in [0.1, 0.15) is 0 Å². The summed E-state index contributed by atoms with van der Waals surface area (Å²) in [5.41, 5.74) is 0. The van der Waals surface area contributed by atoms with E-state index >= 15 is 0 Å². The molecule has 0 aliphatic carbocycles. The molecular weight excluding hydrogens is 256 g/mol. The summed E-state index contributed by atoms with van der Waals surface area (Å²) in [6, 6.07) is 0. The summed E-state index contributed by atoms with van der Waals surface area (Å²) in [5, 5.41) is 29.7. The molecule has 0 bridgehead atoms. The largest absolute Gasteiger partial charge is 0.396 e. The zero-order valence-corrected chi connectivity index (χ0v) is 12.9. The maximum atomic E-state index is 8.83. The van der Waals surface area contributed by atoms with E-state index < -0.39 is 0 Å². The number of unbranched alkanes of at least 4 members (excludes halogenated alkanes) is 3. The molecule has 20 heavy (non-hydrogen) atoms. The maximum Gasteiger partial charge on any atom is 0.0431 e. The molecule has 0 saturated carbocycles. The van der Waals surface area contributed by atoms with Crippen molar-refractivity contribution in [2.24, 2.45) is 0 Å². The maximum absolute atomic E-state index is 8.83. The SMILES string of the molecule is OCCCCNCCCN(CCCCO)CCCCO. The van der Waals surface area contributed by atoms with Gasteiger partial charge in [0.2, 0.25) is 0 Å². The van der Waals surface area contributed by atoms with E-state index in [1.807, 2.05) is 0 Å². The molecule has 0 amide bonds. The lowest BCUT2D eigenvalue weighted by molar-refractivity contribution is 0.224. The minimum Gasteiger partial charge on any atom is -0.396 e. The Balaban J connectivity index is 3.56. The van der Waals surface area contributed by atoms with Gasteiger partial charge in [-0.2, -0.15) is 0 Å². The van der Waals surface area contributed by atoms with E-state index in [1.54, 1.807) is 0 Å². The monoisotopic (exact) mass is 290 g/mol. The molecule has 0 rings (SSSR count). The summed E-state index contributed by atoms with van der Waals surface area (Å²) >= 11 is 0. The van der Waals surface area contributed by atoms with Gasteiger partial charge in [0.25, 0.3) is 0 Å². The third kappa shape index (κ3) is 14.2. The van der Waals surface area contributed by atoms with Crippen molar-refractivity contribution in [2.75, 3.05) is 52.5 Å². The predicted molar refractivity (Wildman–Crippen MR) is 82.9 cm³/mol. The highest BCUT2D eigenvalue weighted by Gasteiger charge is 2.04. The highest BCUT2D eigenvalue weighted by atomic mass is 16.3. The molecule has 0 spiro atoms. The summed E-state index contributed by atoms with van der Waals surface area (Å²) in [5.74, 6) is 0. The highest BCUT2D eigenvalue weighted by Crippen LogP contribution is 2.00. The van der Waals surface area contributed by atoms with Gasteiger partial charge in [0.05, 0.1) is 0 Å². The van der Waals surface area contributed by atoms with Crippen molar-refractivity contribution in [2.45, 2.75) is 44.9 Å². The molecule has 0 heterocycles. The molecule has 0 radical (unpaired) electrons. The van der Waals surface area contributed by atoms with Gasteiger partial charge in [-0.15, -0.1) is 0 Å². The Labute approximate surface area is 124 Å². The van der Waals surface area contributed by atoms with Crippen LogP contribution < -0.4 is 5.32 Å². The average molecular weight is 290 g/mol. The molecule has 0 fully saturated rings. The first-order chi connectivity index (χ1) is 9.85. The number of aliphatic hydroxyl groups is 3. The van der Waals surface area contributed by atoms with Gasteiger partial charge >= 0.3 is 0 Å². The number of nitrogens with one attached hydrogen (secondary N) is 1. The van der Waals surface area contributed by atoms with E-state index in [2.05, 4.69) is 10.2 Å². The Kier molecular flexibility index (Phi) is 16.7. The summed E-state index contributed by atoms with van der Waals surface area (Å²) in [6.45, 7) is 5.98. The van der Waals surface area contributed by atoms with Crippen LogP contribution in [0.1, 0.15) is 44.9 Å². The molecular formula is C15H34N2O3. The van der Waals surface area contributed by atoms with E-state index in [0.29, 0.717) is 0 Å². The molecule has 0 aromatic heterocycles. The Morgan fingerprint density at radius 2 is 1.00 bits per heavy atom. The number of aliphatic hydroxyl groups excluding tert-OH is 3. The van der Waals surface area contributed by atoms with Gasteiger partial charge < -0.3 is 25.5 Å². The highest BCUT2D eigenvalue weighted by molar-refractivity contribution is 4.60. The van der Waals surface area contributed by atoms with Crippen molar-refractivity contribution in [1.82, 2.24) is 10.2 Å². The van der Waals surface area contributed by atoms with Gasteiger partial charge in [0, 0.05) is 19.8 Å². The van der Waals surface area contributed by atoms with Crippen LogP contribution in [-0.2, 0) is 0 Å². The van der Waals surface area contributed by atoms with E-state index in [4.69, 9.17) is 15.3 Å². The van der Waals surface area contributed by atoms with Crippen LogP contribution in [0.2, 0.25) is 0 Å². The molecule has 0 unspecified atom stereocenters. The smallest absolute Gasteiger partial charge is 0.0431 e. The second-order valence-electron chi connectivity index (χ2n) is 5.24. The van der Waals surface area contributed by atoms with Crippen LogP contribution in [0, 0.1) is 0 Å². The van der Waals surface area contributed by atoms with Crippen LogP contribution >= 0.6 is 0 Å². The second kappa shape index (κ2) is 16.9. The average Bonchev–Trinajstić information content (AvgIpc) is 2.46. The zero-order chi connectivity index (χ0) is 14.9. The Morgan fingerprint density at radius 1 is 0.550 bits per heavy atom. The predicted octanol–water partition coefficient (Wildman–Crippen LogP) is 0.586. The minimum atomic E-state index is 0.275. The molecule has 5 heteroatoms. The van der Waals surface area contributed by atoms with Crippen LogP contribution in [-0.4, -0.2) is 72.8 Å². The standard InChI is InChI=1S/C15H34N2O3/c18-13-4-1-8-16-9-7-12-17(10-2-5-14-19)11-3-6-15-20/h16,18-20H,1-15H2. The molecule has 0 saturated heterocycles. The molecule has 0 aliphatic heterocycles. The Morgan fingerprint density at radius 3 is 1.55 bits per heavy atom. The zero-order valence-electron chi connectivity index (χ0n) is 12.9. The third-order valence-electron chi connectivity index (χ3n) is 3.35. The molecule has 122 valence electrons. The van der Waals surface area contributed by atoms with E-state index in [1.165, 1.54) is 0 Å². The first-order valence-electron chi connectivity index (χ1n) is 8.10. The molecule has 0 atom stereocenters. The minimum absolute atomic E-state index is 0.275. The molecule has 0 aromatic rings. The number of hydrogen-bond donors (Lipinski definition) is 4. The Hall–Kier alpha value is -0.200. The van der Waals surface area contributed by atoms with Crippen LogP contribution in [0.3, 0.4) is 0 Å². The fourth-order valence-electron chi connectivity index (χ4n) is 2.14. The normalized spacial score (nSPS) is 11.4. The fraction of sp³-hybridized carbons (Fsp3) is 1.00. The lowest BCUT2D eigenvalue weighted by Crippen LogP contribution is -2.30. The summed E-state index contributed by atoms with van der Waals surface area (Å²) in [4.78, 5) is 2.43. The molecule has 5 nitrogen and oxygen atoms in total. The topological polar surface area (TPSA) is 76.0 Å². The molecule has 4 N–H and O–H groups in total. The number of hydrogen-bond acceptors (Lipinski definition) is 5. The lowest BCUT2D eigenvalue weighted by Gasteiger charge is -2.22.